The summed E-state index contributed by atoms with van der Waals surface area (Å²) in [5.41, 5.74) is 5.67. The van der Waals surface area contributed by atoms with E-state index in [4.69, 9.17) is 10.8 Å². The van der Waals surface area contributed by atoms with Gasteiger partial charge in [-0.05, 0) is 6.07 Å². The number of para-hydroxylation sites is 1. The quantitative estimate of drug-likeness (QED) is 0.611. The second-order valence-electron chi connectivity index (χ2n) is 2.77. The van der Waals surface area contributed by atoms with Gasteiger partial charge in [-0.15, -0.1) is 0 Å². The van der Waals surface area contributed by atoms with Crippen molar-refractivity contribution in [3.8, 4) is 0 Å². The summed E-state index contributed by atoms with van der Waals surface area (Å²) in [6.07, 6.45) is -0.742. The van der Waals surface area contributed by atoms with Crippen LogP contribution in [0.1, 0.15) is 18.1 Å². The third-order valence-corrected chi connectivity index (χ3v) is 1.85. The fourth-order valence-electron chi connectivity index (χ4n) is 1.12. The number of aliphatic hydroxyl groups excluding tert-OH is 2. The zero-order valence-electron chi connectivity index (χ0n) is 7.07. The molecule has 0 saturated carbocycles. The lowest BCUT2D eigenvalue weighted by atomic mass is 10.0. The highest BCUT2D eigenvalue weighted by atomic mass is 19.1. The molecule has 0 heterocycles. The van der Waals surface area contributed by atoms with E-state index >= 15 is 0 Å². The number of anilines is 1. The number of hydrogen-bond donors (Lipinski definition) is 3. The van der Waals surface area contributed by atoms with Crippen molar-refractivity contribution >= 4 is 5.69 Å². The fraction of sp³-hybridized carbons (Fsp3) is 0.333. The first-order valence-electron chi connectivity index (χ1n) is 3.99. The Balaban J connectivity index is 2.93. The molecule has 1 aromatic carbocycles. The van der Waals surface area contributed by atoms with Crippen molar-refractivity contribution in [3.05, 3.63) is 29.6 Å². The second kappa shape index (κ2) is 4.20. The van der Waals surface area contributed by atoms with Crippen LogP contribution in [0.15, 0.2) is 18.2 Å². The van der Waals surface area contributed by atoms with Gasteiger partial charge in [-0.25, -0.2) is 4.39 Å². The van der Waals surface area contributed by atoms with Crippen molar-refractivity contribution in [2.45, 2.75) is 12.5 Å². The van der Waals surface area contributed by atoms with E-state index in [1.807, 2.05) is 0 Å². The van der Waals surface area contributed by atoms with Crippen molar-refractivity contribution in [1.82, 2.24) is 0 Å². The smallest absolute Gasteiger partial charge is 0.146 e. The number of nitrogens with two attached hydrogens (primary N) is 1. The van der Waals surface area contributed by atoms with E-state index in [1.165, 1.54) is 12.1 Å². The van der Waals surface area contributed by atoms with E-state index in [0.29, 0.717) is 5.56 Å². The molecule has 1 rings (SSSR count). The molecule has 0 aliphatic carbocycles. The average molecular weight is 185 g/mol. The predicted octanol–water partition coefficient (Wildman–Crippen LogP) is 0.824. The minimum atomic E-state index is -0.902. The molecule has 0 fully saturated rings. The van der Waals surface area contributed by atoms with Gasteiger partial charge in [-0.2, -0.15) is 0 Å². The number of halogens is 1. The third-order valence-electron chi connectivity index (χ3n) is 1.85. The van der Waals surface area contributed by atoms with Gasteiger partial charge in [0.15, 0.2) is 0 Å². The molecule has 0 aromatic heterocycles. The minimum absolute atomic E-state index is 0.0524. The van der Waals surface area contributed by atoms with E-state index in [-0.39, 0.29) is 18.7 Å². The summed E-state index contributed by atoms with van der Waals surface area (Å²) in [7, 11) is 0. The van der Waals surface area contributed by atoms with Gasteiger partial charge in [0.25, 0.3) is 0 Å². The Morgan fingerprint density at radius 1 is 1.46 bits per heavy atom. The van der Waals surface area contributed by atoms with Gasteiger partial charge in [-0.1, -0.05) is 12.1 Å². The molecule has 0 aliphatic heterocycles. The van der Waals surface area contributed by atoms with Crippen LogP contribution in [0.5, 0.6) is 0 Å². The summed E-state index contributed by atoms with van der Waals surface area (Å²) >= 11 is 0. The second-order valence-corrected chi connectivity index (χ2v) is 2.77. The molecule has 1 aromatic rings. The molecule has 0 bridgehead atoms. The highest BCUT2D eigenvalue weighted by Gasteiger charge is 2.12. The molecule has 0 spiro atoms. The van der Waals surface area contributed by atoms with Crippen LogP contribution in [0.2, 0.25) is 0 Å². The molecule has 4 N–H and O–H groups in total. The molecule has 1 unspecified atom stereocenters. The SMILES string of the molecule is Nc1c(F)cccc1C(O)CCO. The fourth-order valence-corrected chi connectivity index (χ4v) is 1.12. The zero-order valence-corrected chi connectivity index (χ0v) is 7.07. The van der Waals surface area contributed by atoms with Crippen molar-refractivity contribution in [3.63, 3.8) is 0 Å². The summed E-state index contributed by atoms with van der Waals surface area (Å²) in [6, 6.07) is 4.24. The minimum Gasteiger partial charge on any atom is -0.396 e. The van der Waals surface area contributed by atoms with Gasteiger partial charge in [0.1, 0.15) is 5.82 Å². The lowest BCUT2D eigenvalue weighted by Crippen LogP contribution is -2.05. The topological polar surface area (TPSA) is 66.5 Å². The van der Waals surface area contributed by atoms with Crippen molar-refractivity contribution in [2.75, 3.05) is 12.3 Å². The van der Waals surface area contributed by atoms with Crippen LogP contribution in [-0.2, 0) is 0 Å². The Morgan fingerprint density at radius 2 is 2.15 bits per heavy atom. The number of hydrogen-bond acceptors (Lipinski definition) is 3. The van der Waals surface area contributed by atoms with Gasteiger partial charge >= 0.3 is 0 Å². The molecule has 3 nitrogen and oxygen atoms in total. The predicted molar refractivity (Wildman–Crippen MR) is 47.5 cm³/mol. The van der Waals surface area contributed by atoms with E-state index in [9.17, 15) is 9.50 Å². The van der Waals surface area contributed by atoms with Gasteiger partial charge < -0.3 is 15.9 Å². The van der Waals surface area contributed by atoms with Gasteiger partial charge in [-0.3, -0.25) is 0 Å². The van der Waals surface area contributed by atoms with Crippen molar-refractivity contribution in [1.29, 1.82) is 0 Å². The largest absolute Gasteiger partial charge is 0.396 e. The first kappa shape index (κ1) is 9.95. The lowest BCUT2D eigenvalue weighted by molar-refractivity contribution is 0.134. The van der Waals surface area contributed by atoms with Crippen molar-refractivity contribution in [2.24, 2.45) is 0 Å². The maximum absolute atomic E-state index is 12.9. The van der Waals surface area contributed by atoms with E-state index < -0.39 is 11.9 Å². The number of benzene rings is 1. The Labute approximate surface area is 75.6 Å². The molecular weight excluding hydrogens is 173 g/mol. The Morgan fingerprint density at radius 3 is 2.77 bits per heavy atom. The monoisotopic (exact) mass is 185 g/mol. The van der Waals surface area contributed by atoms with Crippen LogP contribution in [0.4, 0.5) is 10.1 Å². The molecular formula is C9H12FNO2. The van der Waals surface area contributed by atoms with Crippen LogP contribution >= 0.6 is 0 Å². The van der Waals surface area contributed by atoms with Crippen LogP contribution in [0, 0.1) is 5.82 Å². The summed E-state index contributed by atoms with van der Waals surface area (Å²) in [5.74, 6) is -0.547. The van der Waals surface area contributed by atoms with Gasteiger partial charge in [0.2, 0.25) is 0 Å². The summed E-state index contributed by atoms with van der Waals surface area (Å²) in [6.45, 7) is -0.156. The highest BCUT2D eigenvalue weighted by Crippen LogP contribution is 2.24. The first-order chi connectivity index (χ1) is 6.16. The Bertz CT molecular complexity index is 291. The average Bonchev–Trinajstić information content (AvgIpc) is 2.10. The number of nitrogen functional groups attached to an aromatic ring is 1. The molecule has 4 heteroatoms. The third kappa shape index (κ3) is 2.17. The molecule has 0 amide bonds. The Hall–Kier alpha value is -1.13. The number of rotatable bonds is 3. The summed E-state index contributed by atoms with van der Waals surface area (Å²) < 4.78 is 12.9. The maximum Gasteiger partial charge on any atom is 0.146 e. The standard InChI is InChI=1S/C9H12FNO2/c10-7-3-1-2-6(9(7)11)8(13)4-5-12/h1-3,8,12-13H,4-5,11H2. The normalized spacial score (nSPS) is 12.8. The molecule has 0 radical (unpaired) electrons. The molecule has 0 saturated heterocycles. The lowest BCUT2D eigenvalue weighted by Gasteiger charge is -2.11. The first-order valence-corrected chi connectivity index (χ1v) is 3.99. The van der Waals surface area contributed by atoms with Gasteiger partial charge in [0, 0.05) is 18.6 Å². The summed E-state index contributed by atoms with van der Waals surface area (Å²) in [5, 5.41) is 18.0. The van der Waals surface area contributed by atoms with Crippen molar-refractivity contribution < 1.29 is 14.6 Å². The molecule has 1 atom stereocenters. The van der Waals surface area contributed by atoms with E-state index in [0.717, 1.165) is 0 Å². The molecule has 13 heavy (non-hydrogen) atoms. The zero-order chi connectivity index (χ0) is 9.84. The van der Waals surface area contributed by atoms with Crippen LogP contribution in [0.3, 0.4) is 0 Å². The Kier molecular flexibility index (Phi) is 3.22. The van der Waals surface area contributed by atoms with Crippen LogP contribution in [-0.4, -0.2) is 16.8 Å². The molecule has 72 valence electrons. The van der Waals surface area contributed by atoms with Gasteiger partial charge in [0.05, 0.1) is 11.8 Å². The van der Waals surface area contributed by atoms with Crippen LogP contribution in [0.25, 0.3) is 0 Å². The molecule has 0 aliphatic rings. The summed E-state index contributed by atoms with van der Waals surface area (Å²) in [4.78, 5) is 0. The maximum atomic E-state index is 12.9. The number of aliphatic hydroxyl groups is 2. The van der Waals surface area contributed by atoms with E-state index in [2.05, 4.69) is 0 Å². The van der Waals surface area contributed by atoms with Crippen LogP contribution < -0.4 is 5.73 Å². The highest BCUT2D eigenvalue weighted by molar-refractivity contribution is 5.49. The van der Waals surface area contributed by atoms with E-state index in [1.54, 1.807) is 6.07 Å².